The van der Waals surface area contributed by atoms with Crippen LogP contribution >= 0.6 is 0 Å². The van der Waals surface area contributed by atoms with Crippen LogP contribution in [-0.4, -0.2) is 24.1 Å². The van der Waals surface area contributed by atoms with E-state index in [0.717, 1.165) is 22.4 Å². The van der Waals surface area contributed by atoms with Gasteiger partial charge in [-0.05, 0) is 38.0 Å². The molecule has 0 aliphatic rings. The van der Waals surface area contributed by atoms with Gasteiger partial charge >= 0.3 is 5.97 Å². The van der Waals surface area contributed by atoms with E-state index in [1.807, 2.05) is 32.0 Å². The molecular formula is C20H23NO4. The zero-order valence-corrected chi connectivity index (χ0v) is 14.7. The van der Waals surface area contributed by atoms with Gasteiger partial charge in [0, 0.05) is 17.5 Å². The van der Waals surface area contributed by atoms with Crippen molar-refractivity contribution < 1.29 is 19.4 Å². The Hall–Kier alpha value is -2.82. The zero-order valence-electron chi connectivity index (χ0n) is 14.7. The molecule has 0 spiro atoms. The molecule has 0 saturated carbocycles. The number of ether oxygens (including phenoxy) is 1. The number of benzene rings is 2. The zero-order chi connectivity index (χ0) is 18.4. The second-order valence-corrected chi connectivity index (χ2v) is 5.99. The van der Waals surface area contributed by atoms with Crippen molar-refractivity contribution in [2.24, 2.45) is 0 Å². The minimum atomic E-state index is -0.881. The van der Waals surface area contributed by atoms with E-state index in [1.54, 1.807) is 31.4 Å². The first-order chi connectivity index (χ1) is 11.9. The standard InChI is InChI=1S/C20H23NO4/c1-13-8-10-18(25-3)17(12-13)14(2)21-20(24)16-7-5-4-6-15(16)9-11-19(22)23/h4-8,10,12,14H,9,11H2,1-3H3,(H,21,24)(H,22,23). The molecule has 0 radical (unpaired) electrons. The molecule has 0 saturated heterocycles. The predicted octanol–water partition coefficient (Wildman–Crippen LogP) is 3.51. The lowest BCUT2D eigenvalue weighted by molar-refractivity contribution is -0.136. The summed E-state index contributed by atoms with van der Waals surface area (Å²) in [5, 5.41) is 11.8. The summed E-state index contributed by atoms with van der Waals surface area (Å²) in [6.45, 7) is 3.88. The van der Waals surface area contributed by atoms with Crippen LogP contribution in [0.4, 0.5) is 0 Å². The Morgan fingerprint density at radius 1 is 1.20 bits per heavy atom. The summed E-state index contributed by atoms with van der Waals surface area (Å²) >= 11 is 0. The number of carboxylic acids is 1. The summed E-state index contributed by atoms with van der Waals surface area (Å²) in [4.78, 5) is 23.5. The third kappa shape index (κ3) is 4.83. The molecule has 5 heteroatoms. The maximum atomic E-state index is 12.7. The van der Waals surface area contributed by atoms with E-state index in [2.05, 4.69) is 5.32 Å². The van der Waals surface area contributed by atoms with Crippen LogP contribution in [0.5, 0.6) is 5.75 Å². The summed E-state index contributed by atoms with van der Waals surface area (Å²) in [5.41, 5.74) is 3.21. The van der Waals surface area contributed by atoms with Crippen molar-refractivity contribution >= 4 is 11.9 Å². The lowest BCUT2D eigenvalue weighted by atomic mass is 10.0. The summed E-state index contributed by atoms with van der Waals surface area (Å²) in [6, 6.07) is 12.7. The maximum Gasteiger partial charge on any atom is 0.303 e. The van der Waals surface area contributed by atoms with Gasteiger partial charge in [-0.25, -0.2) is 0 Å². The fourth-order valence-electron chi connectivity index (χ4n) is 2.75. The third-order valence-electron chi connectivity index (χ3n) is 4.07. The normalized spacial score (nSPS) is 11.6. The van der Waals surface area contributed by atoms with Crippen molar-refractivity contribution in [2.75, 3.05) is 7.11 Å². The van der Waals surface area contributed by atoms with Crippen molar-refractivity contribution in [1.29, 1.82) is 0 Å². The first-order valence-electron chi connectivity index (χ1n) is 8.17. The van der Waals surface area contributed by atoms with Gasteiger partial charge in [0.25, 0.3) is 5.91 Å². The van der Waals surface area contributed by atoms with Gasteiger partial charge in [0.05, 0.1) is 13.2 Å². The Balaban J connectivity index is 2.20. The maximum absolute atomic E-state index is 12.7. The van der Waals surface area contributed by atoms with Gasteiger partial charge in [-0.3, -0.25) is 9.59 Å². The Kier molecular flexibility index (Phi) is 6.17. The minimum absolute atomic E-state index is 0.00838. The average Bonchev–Trinajstić information content (AvgIpc) is 2.60. The summed E-state index contributed by atoms with van der Waals surface area (Å²) in [5.74, 6) is -0.386. The van der Waals surface area contributed by atoms with Gasteiger partial charge in [-0.1, -0.05) is 35.9 Å². The van der Waals surface area contributed by atoms with E-state index < -0.39 is 5.97 Å². The highest BCUT2D eigenvalue weighted by atomic mass is 16.5. The van der Waals surface area contributed by atoms with E-state index in [1.165, 1.54) is 0 Å². The Labute approximate surface area is 147 Å². The molecule has 1 amide bonds. The van der Waals surface area contributed by atoms with Crippen LogP contribution in [0, 0.1) is 6.92 Å². The molecule has 132 valence electrons. The smallest absolute Gasteiger partial charge is 0.303 e. The van der Waals surface area contributed by atoms with Crippen molar-refractivity contribution in [2.45, 2.75) is 32.7 Å². The number of amides is 1. The quantitative estimate of drug-likeness (QED) is 0.808. The molecule has 2 N–H and O–H groups in total. The highest BCUT2D eigenvalue weighted by Gasteiger charge is 2.17. The number of aryl methyl sites for hydroxylation is 2. The highest BCUT2D eigenvalue weighted by molar-refractivity contribution is 5.96. The first-order valence-corrected chi connectivity index (χ1v) is 8.17. The van der Waals surface area contributed by atoms with Crippen LogP contribution in [-0.2, 0) is 11.2 Å². The molecule has 0 bridgehead atoms. The topological polar surface area (TPSA) is 75.6 Å². The van der Waals surface area contributed by atoms with E-state index in [0.29, 0.717) is 12.0 Å². The number of carboxylic acid groups (broad SMARTS) is 1. The molecular weight excluding hydrogens is 318 g/mol. The fraction of sp³-hybridized carbons (Fsp3) is 0.300. The van der Waals surface area contributed by atoms with Crippen molar-refractivity contribution in [3.8, 4) is 5.75 Å². The molecule has 1 atom stereocenters. The van der Waals surface area contributed by atoms with Gasteiger partial charge in [0.2, 0.25) is 0 Å². The summed E-state index contributed by atoms with van der Waals surface area (Å²) in [6.07, 6.45) is 0.312. The lowest BCUT2D eigenvalue weighted by Crippen LogP contribution is -2.28. The number of aliphatic carboxylic acids is 1. The SMILES string of the molecule is COc1ccc(C)cc1C(C)NC(=O)c1ccccc1CCC(=O)O. The van der Waals surface area contributed by atoms with Gasteiger partial charge in [0.15, 0.2) is 0 Å². The highest BCUT2D eigenvalue weighted by Crippen LogP contribution is 2.26. The molecule has 2 aromatic carbocycles. The second kappa shape index (κ2) is 8.33. The average molecular weight is 341 g/mol. The molecule has 1 unspecified atom stereocenters. The number of carbonyl (C=O) groups excluding carboxylic acids is 1. The Morgan fingerprint density at radius 2 is 1.92 bits per heavy atom. The molecule has 0 aliphatic carbocycles. The van der Waals surface area contributed by atoms with Crippen LogP contribution in [0.15, 0.2) is 42.5 Å². The predicted molar refractivity (Wildman–Crippen MR) is 96.0 cm³/mol. The number of carbonyl (C=O) groups is 2. The lowest BCUT2D eigenvalue weighted by Gasteiger charge is -2.19. The van der Waals surface area contributed by atoms with Crippen molar-refractivity contribution in [3.05, 3.63) is 64.7 Å². The largest absolute Gasteiger partial charge is 0.496 e. The van der Waals surface area contributed by atoms with Gasteiger partial charge < -0.3 is 15.2 Å². The molecule has 2 aromatic rings. The van der Waals surface area contributed by atoms with Gasteiger partial charge in [-0.15, -0.1) is 0 Å². The van der Waals surface area contributed by atoms with Crippen molar-refractivity contribution in [3.63, 3.8) is 0 Å². The van der Waals surface area contributed by atoms with Gasteiger partial charge in [-0.2, -0.15) is 0 Å². The van der Waals surface area contributed by atoms with Crippen LogP contribution in [0.3, 0.4) is 0 Å². The number of hydrogen-bond acceptors (Lipinski definition) is 3. The molecule has 25 heavy (non-hydrogen) atoms. The fourth-order valence-corrected chi connectivity index (χ4v) is 2.75. The molecule has 0 heterocycles. The van der Waals surface area contributed by atoms with E-state index >= 15 is 0 Å². The second-order valence-electron chi connectivity index (χ2n) is 5.99. The van der Waals surface area contributed by atoms with E-state index in [4.69, 9.17) is 9.84 Å². The summed E-state index contributed by atoms with van der Waals surface area (Å²) in [7, 11) is 1.60. The summed E-state index contributed by atoms with van der Waals surface area (Å²) < 4.78 is 5.38. The molecule has 0 aliphatic heterocycles. The Bertz CT molecular complexity index is 770. The molecule has 2 rings (SSSR count). The number of nitrogens with one attached hydrogen (secondary N) is 1. The molecule has 0 fully saturated rings. The van der Waals surface area contributed by atoms with Crippen LogP contribution in [0.2, 0.25) is 0 Å². The van der Waals surface area contributed by atoms with E-state index in [-0.39, 0.29) is 18.4 Å². The number of methoxy groups -OCH3 is 1. The Morgan fingerprint density at radius 3 is 2.60 bits per heavy atom. The van der Waals surface area contributed by atoms with Gasteiger partial charge in [0.1, 0.15) is 5.75 Å². The monoisotopic (exact) mass is 341 g/mol. The van der Waals surface area contributed by atoms with E-state index in [9.17, 15) is 9.59 Å². The first kappa shape index (κ1) is 18.5. The molecule has 0 aromatic heterocycles. The third-order valence-corrected chi connectivity index (χ3v) is 4.07. The molecule has 5 nitrogen and oxygen atoms in total. The number of rotatable bonds is 7. The van der Waals surface area contributed by atoms with Crippen LogP contribution in [0.1, 0.15) is 46.4 Å². The van der Waals surface area contributed by atoms with Crippen molar-refractivity contribution in [1.82, 2.24) is 5.32 Å². The minimum Gasteiger partial charge on any atom is -0.496 e. The number of hydrogen-bond donors (Lipinski definition) is 2. The van der Waals surface area contributed by atoms with Crippen LogP contribution in [0.25, 0.3) is 0 Å². The van der Waals surface area contributed by atoms with Crippen LogP contribution < -0.4 is 10.1 Å².